The van der Waals surface area contributed by atoms with Crippen molar-refractivity contribution >= 4 is 16.9 Å². The van der Waals surface area contributed by atoms with Gasteiger partial charge in [-0.05, 0) is 67.2 Å². The summed E-state index contributed by atoms with van der Waals surface area (Å²) in [6, 6.07) is 13.3. The highest BCUT2D eigenvalue weighted by molar-refractivity contribution is 5.93. The molecule has 36 heavy (non-hydrogen) atoms. The summed E-state index contributed by atoms with van der Waals surface area (Å²) < 4.78 is 18.2. The van der Waals surface area contributed by atoms with Gasteiger partial charge in [-0.15, -0.1) is 0 Å². The van der Waals surface area contributed by atoms with E-state index in [0.717, 1.165) is 44.0 Å². The Hall–Kier alpha value is -3.56. The summed E-state index contributed by atoms with van der Waals surface area (Å²) in [6.45, 7) is 4.85. The summed E-state index contributed by atoms with van der Waals surface area (Å²) in [6.07, 6.45) is 2.01. The van der Waals surface area contributed by atoms with Gasteiger partial charge in [0.1, 0.15) is 24.5 Å². The first-order valence-corrected chi connectivity index (χ1v) is 12.3. The van der Waals surface area contributed by atoms with Crippen LogP contribution in [0.25, 0.3) is 10.9 Å². The molecular weight excluding hydrogens is 462 g/mol. The molecule has 2 aliphatic heterocycles. The van der Waals surface area contributed by atoms with Crippen molar-refractivity contribution in [2.75, 3.05) is 40.0 Å². The first-order valence-electron chi connectivity index (χ1n) is 12.3. The van der Waals surface area contributed by atoms with Gasteiger partial charge in [-0.2, -0.15) is 0 Å². The molecule has 2 N–H and O–H groups in total. The Kier molecular flexibility index (Phi) is 7.11. The van der Waals surface area contributed by atoms with Gasteiger partial charge in [-0.3, -0.25) is 4.79 Å². The van der Waals surface area contributed by atoms with Gasteiger partial charge in [0, 0.05) is 31.7 Å². The molecule has 0 radical (unpaired) electrons. The second-order valence-electron chi connectivity index (χ2n) is 9.22. The Morgan fingerprint density at radius 1 is 1.06 bits per heavy atom. The average molecular weight is 494 g/mol. The molecule has 1 aromatic heterocycles. The van der Waals surface area contributed by atoms with Crippen molar-refractivity contribution in [2.45, 2.75) is 32.0 Å². The van der Waals surface area contributed by atoms with Gasteiger partial charge in [0.25, 0.3) is 5.56 Å². The maximum atomic E-state index is 13.0. The first kappa shape index (κ1) is 24.1. The van der Waals surface area contributed by atoms with Crippen LogP contribution < -0.4 is 25.1 Å². The fraction of sp³-hybridized carbons (Fsp3) is 0.407. The largest absolute Gasteiger partial charge is 0.497 e. The molecule has 0 atom stereocenters. The third-order valence-corrected chi connectivity index (χ3v) is 6.96. The molecule has 3 heterocycles. The number of hydrogen-bond donors (Lipinski definition) is 2. The Morgan fingerprint density at radius 2 is 1.83 bits per heavy atom. The molecule has 9 heteroatoms. The maximum Gasteiger partial charge on any atom is 0.341 e. The highest BCUT2D eigenvalue weighted by Crippen LogP contribution is 2.30. The van der Waals surface area contributed by atoms with Crippen molar-refractivity contribution in [3.8, 4) is 17.2 Å². The lowest BCUT2D eigenvalue weighted by molar-refractivity contribution is 0.0694. The van der Waals surface area contributed by atoms with Gasteiger partial charge in [-0.1, -0.05) is 6.07 Å². The molecule has 0 aliphatic carbocycles. The van der Waals surface area contributed by atoms with Crippen molar-refractivity contribution in [1.82, 2.24) is 14.8 Å². The number of hydrogen-bond acceptors (Lipinski definition) is 7. The van der Waals surface area contributed by atoms with Crippen LogP contribution in [-0.4, -0.2) is 66.5 Å². The van der Waals surface area contributed by atoms with E-state index < -0.39 is 11.5 Å². The lowest BCUT2D eigenvalue weighted by atomic mass is 10.0. The number of benzene rings is 2. The fourth-order valence-electron chi connectivity index (χ4n) is 4.92. The van der Waals surface area contributed by atoms with Gasteiger partial charge < -0.3 is 34.1 Å². The summed E-state index contributed by atoms with van der Waals surface area (Å²) in [5, 5.41) is 13.9. The molecule has 3 aromatic rings. The highest BCUT2D eigenvalue weighted by atomic mass is 16.6. The van der Waals surface area contributed by atoms with Gasteiger partial charge in [-0.25, -0.2) is 4.79 Å². The van der Waals surface area contributed by atoms with Crippen molar-refractivity contribution in [2.24, 2.45) is 0 Å². The molecule has 190 valence electrons. The average Bonchev–Trinajstić information content (AvgIpc) is 2.91. The van der Waals surface area contributed by atoms with Crippen LogP contribution in [0.1, 0.15) is 28.8 Å². The van der Waals surface area contributed by atoms with E-state index in [1.54, 1.807) is 29.9 Å². The normalized spacial score (nSPS) is 16.2. The number of nitrogens with zero attached hydrogens (tertiary/aromatic N) is 2. The lowest BCUT2D eigenvalue weighted by Gasteiger charge is -2.32. The molecule has 0 unspecified atom stereocenters. The third kappa shape index (κ3) is 5.17. The number of ether oxygens (including phenoxy) is 3. The SMILES string of the molecule is COc1ccc2cc(C(=O)O)c(=O)n(CCN3CCC(NCc4ccc5c(c4)OCCO5)CC3)c2c1. The van der Waals surface area contributed by atoms with Gasteiger partial charge >= 0.3 is 5.97 Å². The van der Waals surface area contributed by atoms with E-state index in [1.165, 1.54) is 11.6 Å². The minimum atomic E-state index is -1.21. The van der Waals surface area contributed by atoms with Crippen molar-refractivity contribution in [3.63, 3.8) is 0 Å². The van der Waals surface area contributed by atoms with Crippen LogP contribution in [0, 0.1) is 0 Å². The number of likely N-dealkylation sites (tertiary alicyclic amines) is 1. The summed E-state index contributed by atoms with van der Waals surface area (Å²) in [5.41, 5.74) is 1.15. The lowest BCUT2D eigenvalue weighted by Crippen LogP contribution is -2.43. The van der Waals surface area contributed by atoms with Crippen LogP contribution in [-0.2, 0) is 13.1 Å². The summed E-state index contributed by atoms with van der Waals surface area (Å²) in [5.74, 6) is 1.03. The van der Waals surface area contributed by atoms with Crippen LogP contribution in [0.5, 0.6) is 17.2 Å². The molecule has 0 amide bonds. The molecule has 1 saturated heterocycles. The fourth-order valence-corrected chi connectivity index (χ4v) is 4.92. The zero-order valence-corrected chi connectivity index (χ0v) is 20.4. The number of carboxylic acid groups (broad SMARTS) is 1. The van der Waals surface area contributed by atoms with Gasteiger partial charge in [0.05, 0.1) is 12.6 Å². The number of methoxy groups -OCH3 is 1. The number of pyridine rings is 1. The molecule has 2 aromatic carbocycles. The monoisotopic (exact) mass is 493 g/mol. The molecule has 0 spiro atoms. The quantitative estimate of drug-likeness (QED) is 0.494. The van der Waals surface area contributed by atoms with Crippen LogP contribution in [0.4, 0.5) is 0 Å². The van der Waals surface area contributed by atoms with E-state index in [4.69, 9.17) is 14.2 Å². The van der Waals surface area contributed by atoms with Crippen molar-refractivity contribution in [1.29, 1.82) is 0 Å². The Labute approximate surface area is 209 Å². The molecule has 5 rings (SSSR count). The zero-order valence-electron chi connectivity index (χ0n) is 20.4. The predicted octanol–water partition coefficient (Wildman–Crippen LogP) is 2.73. The van der Waals surface area contributed by atoms with E-state index in [-0.39, 0.29) is 5.56 Å². The van der Waals surface area contributed by atoms with Gasteiger partial charge in [0.2, 0.25) is 0 Å². The molecular formula is C27H31N3O6. The van der Waals surface area contributed by atoms with Crippen LogP contribution >= 0.6 is 0 Å². The summed E-state index contributed by atoms with van der Waals surface area (Å²) in [7, 11) is 1.57. The molecule has 0 bridgehead atoms. The van der Waals surface area contributed by atoms with E-state index in [1.807, 2.05) is 12.1 Å². The topological polar surface area (TPSA) is 102 Å². The van der Waals surface area contributed by atoms with Crippen molar-refractivity contribution < 1.29 is 24.1 Å². The molecule has 2 aliphatic rings. The van der Waals surface area contributed by atoms with E-state index >= 15 is 0 Å². The number of aromatic nitrogens is 1. The maximum absolute atomic E-state index is 13.0. The number of carboxylic acids is 1. The third-order valence-electron chi connectivity index (χ3n) is 6.96. The minimum absolute atomic E-state index is 0.213. The second-order valence-corrected chi connectivity index (χ2v) is 9.22. The Balaban J connectivity index is 1.19. The second kappa shape index (κ2) is 10.6. The number of piperidine rings is 1. The van der Waals surface area contributed by atoms with Crippen LogP contribution in [0.3, 0.4) is 0 Å². The van der Waals surface area contributed by atoms with Crippen LogP contribution in [0.2, 0.25) is 0 Å². The Bertz CT molecular complexity index is 1310. The van der Waals surface area contributed by atoms with Crippen LogP contribution in [0.15, 0.2) is 47.3 Å². The number of nitrogens with one attached hydrogen (secondary N) is 1. The molecule has 0 saturated carbocycles. The molecule has 9 nitrogen and oxygen atoms in total. The zero-order chi connectivity index (χ0) is 25.1. The van der Waals surface area contributed by atoms with E-state index in [9.17, 15) is 14.7 Å². The first-order chi connectivity index (χ1) is 17.5. The number of fused-ring (bicyclic) bond motifs is 2. The summed E-state index contributed by atoms with van der Waals surface area (Å²) in [4.78, 5) is 26.9. The predicted molar refractivity (Wildman–Crippen MR) is 135 cm³/mol. The number of aromatic carboxylic acids is 1. The van der Waals surface area contributed by atoms with Crippen molar-refractivity contribution in [3.05, 3.63) is 63.9 Å². The van der Waals surface area contributed by atoms with E-state index in [2.05, 4.69) is 16.3 Å². The minimum Gasteiger partial charge on any atom is -0.497 e. The number of rotatable bonds is 8. The summed E-state index contributed by atoms with van der Waals surface area (Å²) >= 11 is 0. The molecule has 1 fully saturated rings. The van der Waals surface area contributed by atoms with Gasteiger partial charge in [0.15, 0.2) is 11.5 Å². The smallest absolute Gasteiger partial charge is 0.341 e. The highest BCUT2D eigenvalue weighted by Gasteiger charge is 2.21. The Morgan fingerprint density at radius 3 is 2.58 bits per heavy atom. The number of carbonyl (C=O) groups is 1. The van der Waals surface area contributed by atoms with E-state index in [0.29, 0.717) is 49.0 Å². The standard InChI is InChI=1S/C27H31N3O6/c1-34-21-4-3-19-15-22(27(32)33)26(31)30(23(19)16-21)11-10-29-8-6-20(7-9-29)28-17-18-2-5-24-25(14-18)36-13-12-35-24/h2-5,14-16,20,28H,6-13,17H2,1H3,(H,32,33).